The first-order valence-electron chi connectivity index (χ1n) is 20.1. The highest BCUT2D eigenvalue weighted by atomic mass is 16.7. The molecule has 0 bridgehead atoms. The van der Waals surface area contributed by atoms with Crippen molar-refractivity contribution in [1.82, 2.24) is 14.9 Å². The summed E-state index contributed by atoms with van der Waals surface area (Å²) >= 11 is 0. The normalized spacial score (nSPS) is 37.8. The molecule has 5 heterocycles. The van der Waals surface area contributed by atoms with Crippen LogP contribution in [-0.2, 0) is 38.1 Å². The van der Waals surface area contributed by atoms with Gasteiger partial charge in [-0.1, -0.05) is 40.3 Å². The van der Waals surface area contributed by atoms with E-state index < -0.39 is 77.1 Å². The van der Waals surface area contributed by atoms with Crippen LogP contribution in [0.5, 0.6) is 0 Å². The van der Waals surface area contributed by atoms with E-state index in [0.717, 1.165) is 22.5 Å². The summed E-state index contributed by atoms with van der Waals surface area (Å²) in [5.41, 5.74) is 1.07. The summed E-state index contributed by atoms with van der Waals surface area (Å²) in [6.07, 6.45) is 4.26. The number of aliphatic hydroxyl groups excluding tert-OH is 1. The van der Waals surface area contributed by atoms with E-state index in [-0.39, 0.29) is 37.6 Å². The van der Waals surface area contributed by atoms with Crippen LogP contribution < -0.4 is 0 Å². The fourth-order valence-corrected chi connectivity index (χ4v) is 9.23. The number of aromatic amines is 1. The number of aromatic nitrogens is 2. The second kappa shape index (κ2) is 18.0. The first kappa shape index (κ1) is 43.6. The van der Waals surface area contributed by atoms with Crippen molar-refractivity contribution in [3.05, 3.63) is 60.6 Å². The van der Waals surface area contributed by atoms with Gasteiger partial charge in [-0.3, -0.25) is 19.4 Å². The van der Waals surface area contributed by atoms with Gasteiger partial charge in [0.15, 0.2) is 12.1 Å². The van der Waals surface area contributed by atoms with E-state index in [2.05, 4.69) is 16.5 Å². The molecule has 5 rings (SSSR count). The van der Waals surface area contributed by atoms with Crippen molar-refractivity contribution in [3.8, 4) is 11.3 Å². The maximum atomic E-state index is 14.6. The van der Waals surface area contributed by atoms with Crippen LogP contribution in [0.2, 0.25) is 0 Å². The van der Waals surface area contributed by atoms with Crippen LogP contribution in [0, 0.1) is 29.6 Å². The summed E-state index contributed by atoms with van der Waals surface area (Å²) in [4.78, 5) is 52.6. The van der Waals surface area contributed by atoms with Crippen LogP contribution in [0.15, 0.2) is 54.9 Å². The number of nitrogens with zero attached hydrogens (tertiary/aromatic N) is 2. The van der Waals surface area contributed by atoms with Crippen molar-refractivity contribution in [1.29, 1.82) is 0 Å². The summed E-state index contributed by atoms with van der Waals surface area (Å²) < 4.78 is 32.2. The molecule has 13 atom stereocenters. The van der Waals surface area contributed by atoms with Gasteiger partial charge in [0, 0.05) is 53.4 Å². The Hall–Kier alpha value is -3.52. The number of aliphatic hydroxyl groups is 1. The van der Waals surface area contributed by atoms with Gasteiger partial charge < -0.3 is 38.7 Å². The molecular weight excluding hydrogens is 714 g/mol. The van der Waals surface area contributed by atoms with Crippen LogP contribution in [0.3, 0.4) is 0 Å². The second-order valence-corrected chi connectivity index (χ2v) is 16.9. The van der Waals surface area contributed by atoms with Crippen molar-refractivity contribution in [3.63, 3.8) is 0 Å². The van der Waals surface area contributed by atoms with E-state index in [4.69, 9.17) is 23.7 Å². The summed E-state index contributed by atoms with van der Waals surface area (Å²) in [6, 6.07) is 7.51. The number of Topliss-reactive ketones (excluding diaryl/α,β-unsaturated/α-hetero) is 2. The number of pyridine rings is 1. The minimum Gasteiger partial charge on any atom is -0.459 e. The standard InChI is InChI=1S/C44H63N3O9/c1-12-35-44(9)36(26(3)24-53-44)28(5)37(48)25(2)22-43(8,52-20-14-15-32-18-17-31(23-46-32)33-16-13-19-45-33)40(29(6)38(49)30(7)41(51)55-35)56-42-39(50)34(47(10)11)21-27(4)54-42/h13-19,23,25,27-30,34-36,39-40,42,45,50H,3,12,20-22,24H2,1-2,4-11H3/b15-14-/t25-,27-,28?,29+,30?,34+,35-,36+,39-,40-,42+,43-,44-/m1/s1. The van der Waals surface area contributed by atoms with Gasteiger partial charge in [-0.2, -0.15) is 0 Å². The lowest BCUT2D eigenvalue weighted by Crippen LogP contribution is -2.59. The molecule has 3 aliphatic heterocycles. The SMILES string of the molecule is C=C1CO[C@]2(C)[C@@H](CC)OC(=O)C(C)C(=O)[C@H](C)[C@@H](O[C@@H]3O[C@H](C)C[C@H](N(C)C)[C@H]3O)[C@](C)(OC/C=C\c3ccc(-c4ccc[nH]4)cn3)C[C@@H](C)C(=O)C(C)[C@H]12. The number of ketones is 2. The lowest BCUT2D eigenvalue weighted by molar-refractivity contribution is -0.296. The number of likely N-dealkylation sites (N-methyl/N-ethyl adjacent to an activating group) is 1. The number of H-pyrrole nitrogens is 1. The van der Waals surface area contributed by atoms with Gasteiger partial charge in [0.1, 0.15) is 29.5 Å². The third-order valence-electron chi connectivity index (χ3n) is 12.4. The summed E-state index contributed by atoms with van der Waals surface area (Å²) in [5.74, 6) is -4.79. The molecule has 2 aromatic rings. The van der Waals surface area contributed by atoms with E-state index in [1.807, 2.05) is 103 Å². The molecule has 12 nitrogen and oxygen atoms in total. The van der Waals surface area contributed by atoms with Gasteiger partial charge in [0.25, 0.3) is 0 Å². The van der Waals surface area contributed by atoms with E-state index >= 15 is 0 Å². The highest BCUT2D eigenvalue weighted by Crippen LogP contribution is 2.46. The van der Waals surface area contributed by atoms with Gasteiger partial charge >= 0.3 is 5.97 Å². The highest BCUT2D eigenvalue weighted by Gasteiger charge is 2.55. The lowest BCUT2D eigenvalue weighted by atomic mass is 9.69. The summed E-state index contributed by atoms with van der Waals surface area (Å²) in [6.45, 7) is 19.1. The molecule has 2 aromatic heterocycles. The van der Waals surface area contributed by atoms with Crippen molar-refractivity contribution in [2.75, 3.05) is 27.3 Å². The second-order valence-electron chi connectivity index (χ2n) is 16.9. The van der Waals surface area contributed by atoms with Gasteiger partial charge in [0.2, 0.25) is 0 Å². The number of rotatable bonds is 9. The number of fused-ring (bicyclic) bond motifs is 1. The minimum atomic E-state index is -1.30. The van der Waals surface area contributed by atoms with Crippen molar-refractivity contribution < 1.29 is 43.2 Å². The molecule has 3 aliphatic rings. The molecule has 0 amide bonds. The Bertz CT molecular complexity index is 1710. The van der Waals surface area contributed by atoms with E-state index in [0.29, 0.717) is 12.8 Å². The number of esters is 1. The molecule has 2 N–H and O–H groups in total. The predicted octanol–water partition coefficient (Wildman–Crippen LogP) is 6.05. The van der Waals surface area contributed by atoms with Gasteiger partial charge in [-0.05, 0) is 97.0 Å². The summed E-state index contributed by atoms with van der Waals surface area (Å²) in [5, 5.41) is 11.6. The Kier molecular flexibility index (Phi) is 14.0. The molecule has 0 saturated carbocycles. The number of carbonyl (C=O) groups excluding carboxylic acids is 3. The average molecular weight is 778 g/mol. The number of carbonyl (C=O) groups is 3. The Morgan fingerprint density at radius 2 is 1.80 bits per heavy atom. The minimum absolute atomic E-state index is 0.0378. The number of ether oxygens (including phenoxy) is 5. The molecule has 56 heavy (non-hydrogen) atoms. The zero-order valence-electron chi connectivity index (χ0n) is 34.8. The van der Waals surface area contributed by atoms with E-state index in [9.17, 15) is 19.5 Å². The molecule has 0 radical (unpaired) electrons. The van der Waals surface area contributed by atoms with Crippen LogP contribution in [0.4, 0.5) is 0 Å². The molecule has 0 aliphatic carbocycles. The Balaban J connectivity index is 1.53. The van der Waals surface area contributed by atoms with Crippen LogP contribution in [0.1, 0.15) is 80.3 Å². The molecular formula is C44H63N3O9. The smallest absolute Gasteiger partial charge is 0.316 e. The number of cyclic esters (lactones) is 1. The predicted molar refractivity (Wildman–Crippen MR) is 213 cm³/mol. The number of hydrogen-bond acceptors (Lipinski definition) is 11. The maximum absolute atomic E-state index is 14.6. The van der Waals surface area contributed by atoms with Crippen LogP contribution >= 0.6 is 0 Å². The van der Waals surface area contributed by atoms with Crippen molar-refractivity contribution >= 4 is 23.6 Å². The van der Waals surface area contributed by atoms with E-state index in [1.165, 1.54) is 0 Å². The van der Waals surface area contributed by atoms with Gasteiger partial charge in [0.05, 0.1) is 36.7 Å². The topological polar surface area (TPSA) is 150 Å². The Morgan fingerprint density at radius 3 is 2.43 bits per heavy atom. The van der Waals surface area contributed by atoms with E-state index in [1.54, 1.807) is 20.0 Å². The number of hydrogen-bond donors (Lipinski definition) is 2. The molecule has 0 aromatic carbocycles. The molecule has 3 fully saturated rings. The van der Waals surface area contributed by atoms with Gasteiger partial charge in [-0.15, -0.1) is 0 Å². The Morgan fingerprint density at radius 1 is 1.07 bits per heavy atom. The van der Waals surface area contributed by atoms with Crippen LogP contribution in [0.25, 0.3) is 17.3 Å². The fourth-order valence-electron chi connectivity index (χ4n) is 9.23. The monoisotopic (exact) mass is 777 g/mol. The highest BCUT2D eigenvalue weighted by molar-refractivity contribution is 6.00. The largest absolute Gasteiger partial charge is 0.459 e. The fraction of sp³-hybridized carbons (Fsp3) is 0.636. The molecule has 0 spiro atoms. The third kappa shape index (κ3) is 9.11. The summed E-state index contributed by atoms with van der Waals surface area (Å²) in [7, 11) is 3.78. The molecule has 308 valence electrons. The number of nitrogens with one attached hydrogen (secondary N) is 1. The third-order valence-corrected chi connectivity index (χ3v) is 12.4. The zero-order chi connectivity index (χ0) is 41.1. The zero-order valence-corrected chi connectivity index (χ0v) is 34.8. The maximum Gasteiger partial charge on any atom is 0.316 e. The molecule has 12 heteroatoms. The molecule has 3 saturated heterocycles. The van der Waals surface area contributed by atoms with Gasteiger partial charge in [-0.25, -0.2) is 0 Å². The Labute approximate surface area is 332 Å². The lowest BCUT2D eigenvalue weighted by Gasteiger charge is -2.47. The first-order valence-corrected chi connectivity index (χ1v) is 20.1. The van der Waals surface area contributed by atoms with Crippen LogP contribution in [-0.4, -0.2) is 113 Å². The van der Waals surface area contributed by atoms with Crippen molar-refractivity contribution in [2.45, 2.75) is 123 Å². The molecule has 2 unspecified atom stereocenters. The van der Waals surface area contributed by atoms with Crippen molar-refractivity contribution in [2.24, 2.45) is 29.6 Å². The first-order chi connectivity index (χ1) is 26.4. The average Bonchev–Trinajstić information content (AvgIpc) is 3.82. The quantitative estimate of drug-likeness (QED) is 0.174.